The molecule has 1 aliphatic rings. The van der Waals surface area contributed by atoms with Crippen LogP contribution in [0.1, 0.15) is 0 Å². The summed E-state index contributed by atoms with van der Waals surface area (Å²) in [4.78, 5) is 19.8. The first-order valence-electron chi connectivity index (χ1n) is 3.92. The summed E-state index contributed by atoms with van der Waals surface area (Å²) in [6.45, 7) is 7.41. The molecular weight excluding hydrogens is 186 g/mol. The van der Waals surface area contributed by atoms with Crippen LogP contribution in [0.25, 0.3) is 0 Å². The molecule has 1 heterocycles. The van der Waals surface area contributed by atoms with Crippen molar-refractivity contribution in [2.45, 2.75) is 6.10 Å². The fourth-order valence-electron chi connectivity index (χ4n) is 0.398. The number of primary amides is 1. The van der Waals surface area contributed by atoms with Crippen LogP contribution < -0.4 is 5.73 Å². The highest BCUT2D eigenvalue weighted by atomic mass is 16.6. The number of carbonyl (C=O) groups excluding carboxylic acids is 2. The Labute approximate surface area is 82.2 Å². The number of amides is 1. The molecule has 2 N–H and O–H groups in total. The molecule has 0 saturated carbocycles. The number of epoxide rings is 1. The third-order valence-corrected chi connectivity index (χ3v) is 1.18. The monoisotopic (exact) mass is 199 g/mol. The zero-order chi connectivity index (χ0) is 11.0. The smallest absolute Gasteiger partial charge is 0.330 e. The zero-order valence-electron chi connectivity index (χ0n) is 7.77. The van der Waals surface area contributed by atoms with Gasteiger partial charge in [0.05, 0.1) is 6.61 Å². The van der Waals surface area contributed by atoms with Gasteiger partial charge in [0.25, 0.3) is 0 Å². The molecule has 0 radical (unpaired) electrons. The van der Waals surface area contributed by atoms with E-state index in [2.05, 4.69) is 23.6 Å². The SMILES string of the molecule is C=CC(=O)OCC1CO1.C=CC(N)=O. The van der Waals surface area contributed by atoms with Crippen LogP contribution in [0.15, 0.2) is 25.3 Å². The first kappa shape index (κ1) is 12.4. The standard InChI is InChI=1S/C6H8O3.C3H5NO/c1-2-6(7)9-4-5-3-8-5;1-2-3(4)5/h2,5H,1,3-4H2;2H,1H2,(H2,4,5). The van der Waals surface area contributed by atoms with Gasteiger partial charge < -0.3 is 15.2 Å². The minimum Gasteiger partial charge on any atom is -0.460 e. The van der Waals surface area contributed by atoms with E-state index < -0.39 is 5.91 Å². The van der Waals surface area contributed by atoms with Crippen LogP contribution in [0.3, 0.4) is 0 Å². The highest BCUT2D eigenvalue weighted by Crippen LogP contribution is 2.08. The number of hydrogen-bond acceptors (Lipinski definition) is 4. The third kappa shape index (κ3) is 8.48. The van der Waals surface area contributed by atoms with Crippen LogP contribution in [0.5, 0.6) is 0 Å². The molecule has 1 unspecified atom stereocenters. The average molecular weight is 199 g/mol. The van der Waals surface area contributed by atoms with E-state index in [1.54, 1.807) is 0 Å². The second kappa shape index (κ2) is 6.85. The summed E-state index contributed by atoms with van der Waals surface area (Å²) < 4.78 is 9.42. The van der Waals surface area contributed by atoms with Gasteiger partial charge in [0, 0.05) is 6.08 Å². The fraction of sp³-hybridized carbons (Fsp3) is 0.333. The van der Waals surface area contributed by atoms with Crippen LogP contribution >= 0.6 is 0 Å². The maximum atomic E-state index is 10.3. The summed E-state index contributed by atoms with van der Waals surface area (Å²) in [5.41, 5.74) is 4.53. The molecule has 0 spiro atoms. The van der Waals surface area contributed by atoms with Crippen molar-refractivity contribution in [3.63, 3.8) is 0 Å². The van der Waals surface area contributed by atoms with Crippen molar-refractivity contribution >= 4 is 11.9 Å². The molecule has 1 rings (SSSR count). The zero-order valence-corrected chi connectivity index (χ0v) is 7.77. The molecule has 0 aromatic rings. The maximum Gasteiger partial charge on any atom is 0.330 e. The second-order valence-corrected chi connectivity index (χ2v) is 2.40. The van der Waals surface area contributed by atoms with Crippen molar-refractivity contribution in [1.29, 1.82) is 0 Å². The second-order valence-electron chi connectivity index (χ2n) is 2.40. The Morgan fingerprint density at radius 3 is 2.29 bits per heavy atom. The Bertz CT molecular complexity index is 233. The lowest BCUT2D eigenvalue weighted by atomic mass is 10.5. The minimum atomic E-state index is -0.481. The summed E-state index contributed by atoms with van der Waals surface area (Å²) in [5, 5.41) is 0. The number of ether oxygens (including phenoxy) is 2. The van der Waals surface area contributed by atoms with Gasteiger partial charge >= 0.3 is 5.97 Å². The lowest BCUT2D eigenvalue weighted by Gasteiger charge is -1.94. The molecule has 78 valence electrons. The normalized spacial score (nSPS) is 17.0. The van der Waals surface area contributed by atoms with E-state index >= 15 is 0 Å². The summed E-state index contributed by atoms with van der Waals surface area (Å²) in [5.74, 6) is -0.865. The molecule has 1 amide bonds. The lowest BCUT2D eigenvalue weighted by molar-refractivity contribution is -0.138. The van der Waals surface area contributed by atoms with Crippen molar-refractivity contribution in [3.8, 4) is 0 Å². The number of rotatable bonds is 4. The van der Waals surface area contributed by atoms with Gasteiger partial charge in [-0.25, -0.2) is 4.79 Å². The molecule has 5 nitrogen and oxygen atoms in total. The predicted molar refractivity (Wildman–Crippen MR) is 50.3 cm³/mol. The Hall–Kier alpha value is -1.62. The van der Waals surface area contributed by atoms with Gasteiger partial charge in [-0.3, -0.25) is 4.79 Å². The van der Waals surface area contributed by atoms with E-state index in [-0.39, 0.29) is 12.1 Å². The fourth-order valence-corrected chi connectivity index (χ4v) is 0.398. The molecular formula is C9H13NO4. The third-order valence-electron chi connectivity index (χ3n) is 1.18. The predicted octanol–water partition coefficient (Wildman–Crippen LogP) is -0.228. The van der Waals surface area contributed by atoms with Crippen molar-refractivity contribution < 1.29 is 19.1 Å². The Morgan fingerprint density at radius 2 is 2.00 bits per heavy atom. The van der Waals surface area contributed by atoms with E-state index in [1.807, 2.05) is 0 Å². The topological polar surface area (TPSA) is 81.9 Å². The van der Waals surface area contributed by atoms with Crippen molar-refractivity contribution in [1.82, 2.24) is 0 Å². The molecule has 1 fully saturated rings. The average Bonchev–Trinajstić information content (AvgIpc) is 2.98. The van der Waals surface area contributed by atoms with Crippen LogP contribution in [0.4, 0.5) is 0 Å². The highest BCUT2D eigenvalue weighted by Gasteiger charge is 2.23. The van der Waals surface area contributed by atoms with Gasteiger partial charge in [0.1, 0.15) is 12.7 Å². The van der Waals surface area contributed by atoms with Gasteiger partial charge in [-0.1, -0.05) is 13.2 Å². The van der Waals surface area contributed by atoms with E-state index in [1.165, 1.54) is 0 Å². The Kier molecular flexibility index (Phi) is 6.06. The molecule has 1 saturated heterocycles. The van der Waals surface area contributed by atoms with Crippen LogP contribution in [-0.4, -0.2) is 31.2 Å². The van der Waals surface area contributed by atoms with E-state index in [0.717, 1.165) is 12.2 Å². The molecule has 0 bridgehead atoms. The van der Waals surface area contributed by atoms with E-state index in [4.69, 9.17) is 4.74 Å². The molecule has 0 aliphatic carbocycles. The number of hydrogen-bond donors (Lipinski definition) is 1. The van der Waals surface area contributed by atoms with Crippen LogP contribution in [0.2, 0.25) is 0 Å². The van der Waals surface area contributed by atoms with Gasteiger partial charge in [-0.05, 0) is 6.08 Å². The number of nitrogens with two attached hydrogens (primary N) is 1. The molecule has 1 atom stereocenters. The highest BCUT2D eigenvalue weighted by molar-refractivity contribution is 5.85. The quantitative estimate of drug-likeness (QED) is 0.385. The van der Waals surface area contributed by atoms with Gasteiger partial charge in [0.2, 0.25) is 5.91 Å². The summed E-state index contributed by atoms with van der Waals surface area (Å²) >= 11 is 0. The number of esters is 1. The van der Waals surface area contributed by atoms with Gasteiger partial charge in [-0.2, -0.15) is 0 Å². The van der Waals surface area contributed by atoms with Gasteiger partial charge in [0.15, 0.2) is 0 Å². The first-order valence-corrected chi connectivity index (χ1v) is 3.92. The molecule has 0 aromatic carbocycles. The summed E-state index contributed by atoms with van der Waals surface area (Å²) in [7, 11) is 0. The molecule has 1 aliphatic heterocycles. The van der Waals surface area contributed by atoms with Crippen LogP contribution in [0, 0.1) is 0 Å². The number of carbonyl (C=O) groups is 2. The molecule has 5 heteroatoms. The largest absolute Gasteiger partial charge is 0.460 e. The molecule has 0 aromatic heterocycles. The molecule has 14 heavy (non-hydrogen) atoms. The van der Waals surface area contributed by atoms with Gasteiger partial charge in [-0.15, -0.1) is 0 Å². The minimum absolute atomic E-state index is 0.147. The Morgan fingerprint density at radius 1 is 1.50 bits per heavy atom. The Balaban J connectivity index is 0.000000292. The summed E-state index contributed by atoms with van der Waals surface area (Å²) in [6.07, 6.45) is 2.34. The first-order chi connectivity index (χ1) is 6.60. The van der Waals surface area contributed by atoms with Crippen molar-refractivity contribution in [3.05, 3.63) is 25.3 Å². The van der Waals surface area contributed by atoms with Crippen molar-refractivity contribution in [2.75, 3.05) is 13.2 Å². The van der Waals surface area contributed by atoms with E-state index in [0.29, 0.717) is 13.2 Å². The lowest BCUT2D eigenvalue weighted by Crippen LogP contribution is -2.06. The van der Waals surface area contributed by atoms with Crippen LogP contribution in [-0.2, 0) is 19.1 Å². The maximum absolute atomic E-state index is 10.3. The van der Waals surface area contributed by atoms with Crippen molar-refractivity contribution in [2.24, 2.45) is 5.73 Å². The summed E-state index contributed by atoms with van der Waals surface area (Å²) in [6, 6.07) is 0. The van der Waals surface area contributed by atoms with E-state index in [9.17, 15) is 9.59 Å².